The highest BCUT2D eigenvalue weighted by atomic mass is 16.2. The molecule has 118 valence electrons. The van der Waals surface area contributed by atoms with E-state index < -0.39 is 0 Å². The van der Waals surface area contributed by atoms with E-state index >= 15 is 0 Å². The van der Waals surface area contributed by atoms with E-state index in [2.05, 4.69) is 29.4 Å². The molecule has 1 unspecified atom stereocenters. The van der Waals surface area contributed by atoms with E-state index in [0.29, 0.717) is 0 Å². The second kappa shape index (κ2) is 9.53. The van der Waals surface area contributed by atoms with Crippen molar-refractivity contribution in [3.8, 4) is 0 Å². The number of anilines is 1. The quantitative estimate of drug-likeness (QED) is 0.688. The number of amides is 1. The molecule has 0 heterocycles. The van der Waals surface area contributed by atoms with Gasteiger partial charge in [-0.25, -0.2) is 0 Å². The first kappa shape index (κ1) is 17.7. The van der Waals surface area contributed by atoms with Crippen LogP contribution in [-0.2, 0) is 4.79 Å². The maximum absolute atomic E-state index is 12.1. The van der Waals surface area contributed by atoms with Crippen molar-refractivity contribution >= 4 is 11.6 Å². The number of hydrogen-bond donors (Lipinski definition) is 2. The number of carbonyl (C=O) groups is 1. The van der Waals surface area contributed by atoms with Crippen molar-refractivity contribution in [3.63, 3.8) is 0 Å². The van der Waals surface area contributed by atoms with E-state index in [1.165, 1.54) is 5.56 Å². The molecule has 0 aliphatic heterocycles. The fourth-order valence-corrected chi connectivity index (χ4v) is 2.14. The van der Waals surface area contributed by atoms with Gasteiger partial charge in [-0.05, 0) is 58.6 Å². The Morgan fingerprint density at radius 1 is 1.19 bits per heavy atom. The Balaban J connectivity index is 2.26. The minimum atomic E-state index is -0.178. The van der Waals surface area contributed by atoms with Crippen LogP contribution in [0.4, 0.5) is 5.69 Å². The van der Waals surface area contributed by atoms with Crippen LogP contribution in [0.3, 0.4) is 0 Å². The third-order valence-corrected chi connectivity index (χ3v) is 3.71. The number of nitrogens with one attached hydrogen (secondary N) is 2. The third-order valence-electron chi connectivity index (χ3n) is 3.71. The normalized spacial score (nSPS) is 12.4. The van der Waals surface area contributed by atoms with E-state index in [9.17, 15) is 4.79 Å². The van der Waals surface area contributed by atoms with Crippen LogP contribution in [0.25, 0.3) is 0 Å². The fourth-order valence-electron chi connectivity index (χ4n) is 2.14. The molecule has 0 spiro atoms. The average Bonchev–Trinajstić information content (AvgIpc) is 2.49. The van der Waals surface area contributed by atoms with E-state index in [4.69, 9.17) is 0 Å². The van der Waals surface area contributed by atoms with Crippen LogP contribution in [-0.4, -0.2) is 43.0 Å². The Labute approximate surface area is 128 Å². The third kappa shape index (κ3) is 6.74. The molecular formula is C17H29N3O. The minimum Gasteiger partial charge on any atom is -0.325 e. The molecule has 1 aromatic carbocycles. The number of rotatable bonds is 9. The molecule has 0 saturated carbocycles. The summed E-state index contributed by atoms with van der Waals surface area (Å²) in [5.74, 6) is 0.0155. The number of benzene rings is 1. The van der Waals surface area contributed by atoms with Crippen LogP contribution < -0.4 is 10.6 Å². The molecule has 1 atom stereocenters. The van der Waals surface area contributed by atoms with Gasteiger partial charge in [-0.15, -0.1) is 0 Å². The Kier molecular flexibility index (Phi) is 8.01. The van der Waals surface area contributed by atoms with E-state index in [-0.39, 0.29) is 11.9 Å². The van der Waals surface area contributed by atoms with Gasteiger partial charge in [0.15, 0.2) is 0 Å². The molecule has 1 rings (SSSR count). The maximum atomic E-state index is 12.1. The largest absolute Gasteiger partial charge is 0.325 e. The first-order valence-electron chi connectivity index (χ1n) is 7.90. The molecule has 1 aromatic rings. The highest BCUT2D eigenvalue weighted by molar-refractivity contribution is 5.94. The van der Waals surface area contributed by atoms with Gasteiger partial charge in [0.2, 0.25) is 5.91 Å². The van der Waals surface area contributed by atoms with Crippen LogP contribution in [0.2, 0.25) is 0 Å². The summed E-state index contributed by atoms with van der Waals surface area (Å²) >= 11 is 0. The zero-order chi connectivity index (χ0) is 15.7. The lowest BCUT2D eigenvalue weighted by Crippen LogP contribution is -2.39. The van der Waals surface area contributed by atoms with Gasteiger partial charge in [-0.2, -0.15) is 0 Å². The van der Waals surface area contributed by atoms with Gasteiger partial charge in [0, 0.05) is 5.69 Å². The van der Waals surface area contributed by atoms with E-state index in [0.717, 1.165) is 38.3 Å². The Bertz CT molecular complexity index is 413. The Morgan fingerprint density at radius 2 is 1.81 bits per heavy atom. The molecule has 0 aliphatic rings. The maximum Gasteiger partial charge on any atom is 0.241 e. The van der Waals surface area contributed by atoms with Crippen molar-refractivity contribution in [2.75, 3.05) is 31.5 Å². The van der Waals surface area contributed by atoms with E-state index in [1.54, 1.807) is 0 Å². The van der Waals surface area contributed by atoms with Crippen molar-refractivity contribution in [3.05, 3.63) is 29.8 Å². The van der Waals surface area contributed by atoms with Crippen molar-refractivity contribution in [2.45, 2.75) is 40.2 Å². The Morgan fingerprint density at radius 3 is 2.38 bits per heavy atom. The van der Waals surface area contributed by atoms with Gasteiger partial charge in [0.05, 0.1) is 6.04 Å². The van der Waals surface area contributed by atoms with Crippen molar-refractivity contribution in [2.24, 2.45) is 0 Å². The molecule has 21 heavy (non-hydrogen) atoms. The second-order valence-corrected chi connectivity index (χ2v) is 5.41. The topological polar surface area (TPSA) is 44.4 Å². The van der Waals surface area contributed by atoms with Crippen molar-refractivity contribution < 1.29 is 4.79 Å². The smallest absolute Gasteiger partial charge is 0.241 e. The molecule has 0 radical (unpaired) electrons. The molecule has 0 bridgehead atoms. The zero-order valence-electron chi connectivity index (χ0n) is 13.8. The molecular weight excluding hydrogens is 262 g/mol. The molecule has 0 aliphatic carbocycles. The van der Waals surface area contributed by atoms with Gasteiger partial charge in [0.25, 0.3) is 0 Å². The fraction of sp³-hybridized carbons (Fsp3) is 0.588. The van der Waals surface area contributed by atoms with Crippen molar-refractivity contribution in [1.29, 1.82) is 0 Å². The predicted molar refractivity (Wildman–Crippen MR) is 89.7 cm³/mol. The van der Waals surface area contributed by atoms with Gasteiger partial charge >= 0.3 is 0 Å². The van der Waals surface area contributed by atoms with Gasteiger partial charge in [0.1, 0.15) is 0 Å². The van der Waals surface area contributed by atoms with Crippen LogP contribution in [0.1, 0.15) is 32.8 Å². The molecule has 2 N–H and O–H groups in total. The first-order chi connectivity index (χ1) is 10.1. The van der Waals surface area contributed by atoms with Crippen LogP contribution >= 0.6 is 0 Å². The molecule has 0 aromatic heterocycles. The number of aryl methyl sites for hydroxylation is 1. The molecule has 1 amide bonds. The molecule has 0 saturated heterocycles. The number of hydrogen-bond acceptors (Lipinski definition) is 3. The SMILES string of the molecule is CCN(CC)CCCNC(C)C(=O)Nc1ccc(C)cc1. The van der Waals surface area contributed by atoms with Crippen LogP contribution in [0.5, 0.6) is 0 Å². The lowest BCUT2D eigenvalue weighted by molar-refractivity contribution is -0.117. The summed E-state index contributed by atoms with van der Waals surface area (Å²) in [5.41, 5.74) is 2.04. The second-order valence-electron chi connectivity index (χ2n) is 5.41. The van der Waals surface area contributed by atoms with E-state index in [1.807, 2.05) is 38.1 Å². The summed E-state index contributed by atoms with van der Waals surface area (Å²) in [6.45, 7) is 12.4. The zero-order valence-corrected chi connectivity index (χ0v) is 13.8. The van der Waals surface area contributed by atoms with Crippen molar-refractivity contribution in [1.82, 2.24) is 10.2 Å². The number of nitrogens with zero attached hydrogens (tertiary/aromatic N) is 1. The average molecular weight is 291 g/mol. The van der Waals surface area contributed by atoms with Crippen LogP contribution in [0, 0.1) is 6.92 Å². The summed E-state index contributed by atoms with van der Waals surface area (Å²) in [6, 6.07) is 7.68. The minimum absolute atomic E-state index is 0.0155. The highest BCUT2D eigenvalue weighted by Gasteiger charge is 2.11. The summed E-state index contributed by atoms with van der Waals surface area (Å²) in [6.07, 6.45) is 1.06. The van der Waals surface area contributed by atoms with Gasteiger partial charge in [-0.1, -0.05) is 31.5 Å². The number of carbonyl (C=O) groups excluding carboxylic acids is 1. The lowest BCUT2D eigenvalue weighted by atomic mass is 10.2. The van der Waals surface area contributed by atoms with Gasteiger partial charge < -0.3 is 15.5 Å². The van der Waals surface area contributed by atoms with Crippen LogP contribution in [0.15, 0.2) is 24.3 Å². The van der Waals surface area contributed by atoms with Gasteiger partial charge in [-0.3, -0.25) is 4.79 Å². The highest BCUT2D eigenvalue weighted by Crippen LogP contribution is 2.08. The molecule has 0 fully saturated rings. The summed E-state index contributed by atoms with van der Waals surface area (Å²) < 4.78 is 0. The summed E-state index contributed by atoms with van der Waals surface area (Å²) in [4.78, 5) is 14.4. The lowest BCUT2D eigenvalue weighted by Gasteiger charge is -2.19. The molecule has 4 heteroatoms. The predicted octanol–water partition coefficient (Wildman–Crippen LogP) is 2.64. The Hall–Kier alpha value is -1.39. The summed E-state index contributed by atoms with van der Waals surface area (Å²) in [5, 5.41) is 6.21. The summed E-state index contributed by atoms with van der Waals surface area (Å²) in [7, 11) is 0. The monoisotopic (exact) mass is 291 g/mol. The first-order valence-corrected chi connectivity index (χ1v) is 7.90. The molecule has 4 nitrogen and oxygen atoms in total. The standard InChI is InChI=1S/C17H29N3O/c1-5-20(6-2)13-7-12-18-15(4)17(21)19-16-10-8-14(3)9-11-16/h8-11,15,18H,5-7,12-13H2,1-4H3,(H,19,21).